The summed E-state index contributed by atoms with van der Waals surface area (Å²) in [7, 11) is 3.88. The number of hydrogen-bond acceptors (Lipinski definition) is 5. The Bertz CT molecular complexity index is 313. The lowest BCUT2D eigenvalue weighted by Gasteiger charge is -2.17. The van der Waals surface area contributed by atoms with Crippen LogP contribution in [0.2, 0.25) is 0 Å². The van der Waals surface area contributed by atoms with Gasteiger partial charge in [0.15, 0.2) is 0 Å². The van der Waals surface area contributed by atoms with Crippen molar-refractivity contribution in [3.8, 4) is 0 Å². The zero-order chi connectivity index (χ0) is 12.7. The molecule has 0 aliphatic heterocycles. The van der Waals surface area contributed by atoms with Crippen LogP contribution in [0.1, 0.15) is 19.4 Å². The molecule has 0 amide bonds. The summed E-state index contributed by atoms with van der Waals surface area (Å²) in [6.07, 6.45) is 3.96. The second-order valence-electron chi connectivity index (χ2n) is 4.26. The normalized spacial score (nSPS) is 10.9. The van der Waals surface area contributed by atoms with E-state index >= 15 is 0 Å². The molecule has 1 aromatic heterocycles. The lowest BCUT2D eigenvalue weighted by Crippen LogP contribution is -2.25. The summed E-state index contributed by atoms with van der Waals surface area (Å²) in [6, 6.07) is 0. The number of nitrogens with one attached hydrogen (secondary N) is 1. The fourth-order valence-corrected chi connectivity index (χ4v) is 1.37. The van der Waals surface area contributed by atoms with Crippen molar-refractivity contribution in [1.82, 2.24) is 15.3 Å². The average molecular weight is 238 g/mol. The molecule has 1 rings (SSSR count). The number of anilines is 1. The van der Waals surface area contributed by atoms with E-state index in [1.54, 1.807) is 0 Å². The van der Waals surface area contributed by atoms with Gasteiger partial charge in [0.2, 0.25) is 5.95 Å². The first-order chi connectivity index (χ1) is 8.13. The zero-order valence-electron chi connectivity index (χ0n) is 11.1. The molecular weight excluding hydrogens is 216 g/mol. The van der Waals surface area contributed by atoms with Gasteiger partial charge in [-0.25, -0.2) is 9.97 Å². The summed E-state index contributed by atoms with van der Waals surface area (Å²) in [5.74, 6) is 0.734. The van der Waals surface area contributed by atoms with Crippen molar-refractivity contribution in [3.05, 3.63) is 18.0 Å². The van der Waals surface area contributed by atoms with Crippen LogP contribution in [-0.2, 0) is 11.3 Å². The monoisotopic (exact) mass is 238 g/mol. The van der Waals surface area contributed by atoms with E-state index in [1.807, 2.05) is 45.2 Å². The molecule has 1 heterocycles. The second kappa shape index (κ2) is 7.19. The topological polar surface area (TPSA) is 50.3 Å². The maximum Gasteiger partial charge on any atom is 0.225 e. The summed E-state index contributed by atoms with van der Waals surface area (Å²) < 4.78 is 5.49. The lowest BCUT2D eigenvalue weighted by molar-refractivity contribution is 0.0844. The lowest BCUT2D eigenvalue weighted by atomic mass is 10.3. The molecule has 0 saturated carbocycles. The van der Waals surface area contributed by atoms with Crippen LogP contribution in [0.15, 0.2) is 12.4 Å². The number of rotatable bonds is 7. The van der Waals surface area contributed by atoms with Crippen LogP contribution in [0.25, 0.3) is 0 Å². The van der Waals surface area contributed by atoms with E-state index in [1.165, 1.54) is 0 Å². The van der Waals surface area contributed by atoms with Crippen LogP contribution >= 0.6 is 0 Å². The van der Waals surface area contributed by atoms with Crippen LogP contribution in [0, 0.1) is 0 Å². The Kier molecular flexibility index (Phi) is 5.86. The SMILES string of the molecule is CNCc1cnc(N(C)CCOC(C)C)nc1. The Labute approximate surface area is 103 Å². The first kappa shape index (κ1) is 13.9. The summed E-state index contributed by atoms with van der Waals surface area (Å²) in [5.41, 5.74) is 1.09. The van der Waals surface area contributed by atoms with E-state index in [0.717, 1.165) is 24.6 Å². The van der Waals surface area contributed by atoms with E-state index < -0.39 is 0 Å². The zero-order valence-corrected chi connectivity index (χ0v) is 11.1. The predicted octanol–water partition coefficient (Wildman–Crippen LogP) is 1.06. The van der Waals surface area contributed by atoms with Gasteiger partial charge in [-0.1, -0.05) is 0 Å². The van der Waals surface area contributed by atoms with Gasteiger partial charge < -0.3 is 15.0 Å². The van der Waals surface area contributed by atoms with Crippen molar-refractivity contribution < 1.29 is 4.74 Å². The largest absolute Gasteiger partial charge is 0.377 e. The van der Waals surface area contributed by atoms with Gasteiger partial charge in [0.25, 0.3) is 0 Å². The number of hydrogen-bond donors (Lipinski definition) is 1. The molecule has 0 aliphatic rings. The van der Waals surface area contributed by atoms with Gasteiger partial charge >= 0.3 is 0 Å². The van der Waals surface area contributed by atoms with E-state index in [2.05, 4.69) is 15.3 Å². The molecule has 0 aromatic carbocycles. The van der Waals surface area contributed by atoms with Crippen molar-refractivity contribution in [2.75, 3.05) is 32.1 Å². The number of likely N-dealkylation sites (N-methyl/N-ethyl adjacent to an activating group) is 1. The summed E-state index contributed by atoms with van der Waals surface area (Å²) >= 11 is 0. The highest BCUT2D eigenvalue weighted by Crippen LogP contribution is 2.04. The Morgan fingerprint density at radius 1 is 1.35 bits per heavy atom. The van der Waals surface area contributed by atoms with Crippen LogP contribution in [0.5, 0.6) is 0 Å². The molecule has 0 aliphatic carbocycles. The Balaban J connectivity index is 2.43. The van der Waals surface area contributed by atoms with E-state index in [-0.39, 0.29) is 6.10 Å². The third-order valence-electron chi connectivity index (χ3n) is 2.29. The van der Waals surface area contributed by atoms with Gasteiger partial charge in [-0.05, 0) is 20.9 Å². The summed E-state index contributed by atoms with van der Waals surface area (Å²) in [4.78, 5) is 10.6. The number of ether oxygens (including phenoxy) is 1. The van der Waals surface area contributed by atoms with E-state index in [9.17, 15) is 0 Å². The van der Waals surface area contributed by atoms with Crippen molar-refractivity contribution in [1.29, 1.82) is 0 Å². The molecule has 0 saturated heterocycles. The minimum Gasteiger partial charge on any atom is -0.377 e. The van der Waals surface area contributed by atoms with Gasteiger partial charge in [-0.2, -0.15) is 0 Å². The van der Waals surface area contributed by atoms with Crippen LogP contribution < -0.4 is 10.2 Å². The van der Waals surface area contributed by atoms with Crippen LogP contribution in [0.3, 0.4) is 0 Å². The second-order valence-corrected chi connectivity index (χ2v) is 4.26. The molecule has 5 nitrogen and oxygen atoms in total. The maximum atomic E-state index is 5.49. The van der Waals surface area contributed by atoms with Gasteiger partial charge in [-0.15, -0.1) is 0 Å². The molecule has 0 atom stereocenters. The fourth-order valence-electron chi connectivity index (χ4n) is 1.37. The molecule has 1 N–H and O–H groups in total. The standard InChI is InChI=1S/C12H22N4O/c1-10(2)17-6-5-16(4)12-14-8-11(7-13-3)9-15-12/h8-10,13H,5-7H2,1-4H3. The van der Waals surface area contributed by atoms with Gasteiger partial charge in [0, 0.05) is 38.1 Å². The number of aromatic nitrogens is 2. The van der Waals surface area contributed by atoms with E-state index in [4.69, 9.17) is 4.74 Å². The molecule has 17 heavy (non-hydrogen) atoms. The van der Waals surface area contributed by atoms with Crippen molar-refractivity contribution >= 4 is 5.95 Å². The number of nitrogens with zero attached hydrogens (tertiary/aromatic N) is 3. The van der Waals surface area contributed by atoms with Crippen molar-refractivity contribution in [3.63, 3.8) is 0 Å². The maximum absolute atomic E-state index is 5.49. The molecule has 0 radical (unpaired) electrons. The molecule has 0 unspecified atom stereocenters. The fraction of sp³-hybridized carbons (Fsp3) is 0.667. The predicted molar refractivity (Wildman–Crippen MR) is 69.2 cm³/mol. The Morgan fingerprint density at radius 2 is 2.00 bits per heavy atom. The highest BCUT2D eigenvalue weighted by Gasteiger charge is 2.04. The first-order valence-corrected chi connectivity index (χ1v) is 5.91. The minimum absolute atomic E-state index is 0.266. The van der Waals surface area contributed by atoms with Gasteiger partial charge in [-0.3, -0.25) is 0 Å². The molecular formula is C12H22N4O. The third-order valence-corrected chi connectivity index (χ3v) is 2.29. The minimum atomic E-state index is 0.266. The Hall–Kier alpha value is -1.20. The third kappa shape index (κ3) is 5.10. The summed E-state index contributed by atoms with van der Waals surface area (Å²) in [5, 5.41) is 3.07. The molecule has 0 bridgehead atoms. The van der Waals surface area contributed by atoms with Gasteiger partial charge in [0.05, 0.1) is 12.7 Å². The quantitative estimate of drug-likeness (QED) is 0.769. The molecule has 1 aromatic rings. The molecule has 0 fully saturated rings. The highest BCUT2D eigenvalue weighted by molar-refractivity contribution is 5.28. The summed E-state index contributed by atoms with van der Waals surface area (Å²) in [6.45, 7) is 6.34. The molecule has 96 valence electrons. The molecule has 5 heteroatoms. The van der Waals surface area contributed by atoms with Crippen molar-refractivity contribution in [2.24, 2.45) is 0 Å². The van der Waals surface area contributed by atoms with Gasteiger partial charge in [0.1, 0.15) is 0 Å². The Morgan fingerprint density at radius 3 is 2.53 bits per heavy atom. The highest BCUT2D eigenvalue weighted by atomic mass is 16.5. The average Bonchev–Trinajstić information content (AvgIpc) is 2.30. The first-order valence-electron chi connectivity index (χ1n) is 5.91. The van der Waals surface area contributed by atoms with Crippen LogP contribution in [0.4, 0.5) is 5.95 Å². The van der Waals surface area contributed by atoms with E-state index in [0.29, 0.717) is 6.61 Å². The van der Waals surface area contributed by atoms with Crippen molar-refractivity contribution in [2.45, 2.75) is 26.5 Å². The van der Waals surface area contributed by atoms with Crippen LogP contribution in [-0.4, -0.2) is 43.3 Å². The molecule has 0 spiro atoms. The smallest absolute Gasteiger partial charge is 0.225 e.